The lowest BCUT2D eigenvalue weighted by molar-refractivity contribution is -0.142. The number of carbonyl (C=O) groups excluding carboxylic acids is 1. The highest BCUT2D eigenvalue weighted by Gasteiger charge is 2.55. The normalized spacial score (nSPS) is 27.2. The summed E-state index contributed by atoms with van der Waals surface area (Å²) < 4.78 is 39.2. The third-order valence-electron chi connectivity index (χ3n) is 5.66. The third-order valence-corrected chi connectivity index (χ3v) is 5.66. The van der Waals surface area contributed by atoms with Crippen molar-refractivity contribution in [2.45, 2.75) is 38.7 Å². The Morgan fingerprint density at radius 2 is 2.11 bits per heavy atom. The number of carbonyl (C=O) groups is 1. The first kappa shape index (κ1) is 20.6. The fraction of sp³-hybridized carbons (Fsp3) is 0.579. The van der Waals surface area contributed by atoms with E-state index in [9.17, 15) is 27.9 Å². The number of rotatable bonds is 5. The molecule has 0 aliphatic carbocycles. The van der Waals surface area contributed by atoms with Crippen molar-refractivity contribution in [1.29, 1.82) is 0 Å². The van der Waals surface area contributed by atoms with E-state index in [0.29, 0.717) is 18.7 Å². The summed E-state index contributed by atoms with van der Waals surface area (Å²) >= 11 is 0. The highest BCUT2D eigenvalue weighted by Crippen LogP contribution is 2.48. The number of nitrogens with zero attached hydrogens (tertiary/aromatic N) is 2. The number of likely N-dealkylation sites (tertiary alicyclic amines) is 1. The molecule has 0 radical (unpaired) electrons. The first-order valence-electron chi connectivity index (χ1n) is 9.31. The molecule has 2 N–H and O–H groups in total. The van der Waals surface area contributed by atoms with E-state index < -0.39 is 30.6 Å². The Kier molecular flexibility index (Phi) is 5.67. The van der Waals surface area contributed by atoms with Gasteiger partial charge in [-0.05, 0) is 25.6 Å². The Morgan fingerprint density at radius 1 is 1.39 bits per heavy atom. The molecule has 0 aromatic carbocycles. The van der Waals surface area contributed by atoms with E-state index in [-0.39, 0.29) is 24.1 Å². The Bertz CT molecular complexity index is 834. The van der Waals surface area contributed by atoms with Crippen LogP contribution in [0.15, 0.2) is 23.0 Å². The lowest BCUT2D eigenvalue weighted by atomic mass is 9.88. The molecule has 3 heterocycles. The van der Waals surface area contributed by atoms with Crippen molar-refractivity contribution in [3.8, 4) is 0 Å². The summed E-state index contributed by atoms with van der Waals surface area (Å²) in [4.78, 5) is 27.1. The minimum atomic E-state index is -4.50. The van der Waals surface area contributed by atoms with Crippen LogP contribution in [0.3, 0.4) is 0 Å². The number of halogens is 3. The standard InChI is InChI=1S/C19H24F3N3O3/c1-3-5-11-6-7-14-15-12(8-25(14)18(11)28)13(9-26)16(24(15)4-2)17(27)23-10-19(20,21)22/h3,5-7,12-13,15-16,26H,4,8-10H2,1-2H3,(H,23,27)/b5-3-/t12-,13-,15+,16-/m1/s1. The number of nitrogens with one attached hydrogen (secondary N) is 1. The Hall–Kier alpha value is -2.13. The van der Waals surface area contributed by atoms with Crippen molar-refractivity contribution < 1.29 is 23.1 Å². The van der Waals surface area contributed by atoms with Crippen molar-refractivity contribution in [2.24, 2.45) is 11.8 Å². The van der Waals surface area contributed by atoms with Gasteiger partial charge in [-0.1, -0.05) is 19.1 Å². The number of hydrogen-bond donors (Lipinski definition) is 2. The fourth-order valence-electron chi connectivity index (χ4n) is 4.60. The van der Waals surface area contributed by atoms with Gasteiger partial charge in [0, 0.05) is 36.2 Å². The summed E-state index contributed by atoms with van der Waals surface area (Å²) in [6.07, 6.45) is -1.01. The number of aliphatic hydroxyl groups excluding tert-OH is 1. The van der Waals surface area contributed by atoms with Gasteiger partial charge >= 0.3 is 6.18 Å². The molecule has 28 heavy (non-hydrogen) atoms. The molecule has 1 saturated heterocycles. The second kappa shape index (κ2) is 7.71. The third kappa shape index (κ3) is 3.48. The van der Waals surface area contributed by atoms with Gasteiger partial charge in [-0.25, -0.2) is 0 Å². The van der Waals surface area contributed by atoms with Crippen molar-refractivity contribution in [3.63, 3.8) is 0 Å². The highest BCUT2D eigenvalue weighted by atomic mass is 19.4. The number of amides is 1. The van der Waals surface area contributed by atoms with Gasteiger partial charge in [-0.2, -0.15) is 13.2 Å². The zero-order chi connectivity index (χ0) is 20.6. The summed E-state index contributed by atoms with van der Waals surface area (Å²) in [7, 11) is 0. The van der Waals surface area contributed by atoms with E-state index in [0.717, 1.165) is 5.69 Å². The molecule has 0 saturated carbocycles. The zero-order valence-corrected chi connectivity index (χ0v) is 15.7. The summed E-state index contributed by atoms with van der Waals surface area (Å²) in [5, 5.41) is 11.9. The molecular formula is C19H24F3N3O3. The molecule has 1 amide bonds. The number of fused-ring (bicyclic) bond motifs is 3. The maximum Gasteiger partial charge on any atom is 0.405 e. The first-order valence-corrected chi connectivity index (χ1v) is 9.31. The SMILES string of the molecule is C/C=C\c1ccc2n(c1=O)C[C@@H]1[C@@H](CO)[C@H](C(=O)NCC(F)(F)F)N(CC)[C@H]21. The van der Waals surface area contributed by atoms with Crippen LogP contribution in [-0.2, 0) is 11.3 Å². The summed E-state index contributed by atoms with van der Waals surface area (Å²) in [6, 6.07) is 2.38. The van der Waals surface area contributed by atoms with E-state index in [1.165, 1.54) is 0 Å². The number of aliphatic hydroxyl groups is 1. The van der Waals surface area contributed by atoms with Gasteiger partial charge in [0.2, 0.25) is 5.91 Å². The number of likely N-dealkylation sites (N-methyl/N-ethyl adjacent to an activating group) is 1. The fourth-order valence-corrected chi connectivity index (χ4v) is 4.60. The van der Waals surface area contributed by atoms with Gasteiger partial charge < -0.3 is 15.0 Å². The smallest absolute Gasteiger partial charge is 0.396 e. The molecule has 0 bridgehead atoms. The van der Waals surface area contributed by atoms with Crippen molar-refractivity contribution in [2.75, 3.05) is 19.7 Å². The van der Waals surface area contributed by atoms with Gasteiger partial charge in [0.25, 0.3) is 5.56 Å². The van der Waals surface area contributed by atoms with Crippen LogP contribution in [0.25, 0.3) is 6.08 Å². The van der Waals surface area contributed by atoms with Gasteiger partial charge in [0.15, 0.2) is 0 Å². The van der Waals surface area contributed by atoms with Crippen LogP contribution in [0.4, 0.5) is 13.2 Å². The molecular weight excluding hydrogens is 375 g/mol. The molecule has 4 atom stereocenters. The van der Waals surface area contributed by atoms with Crippen LogP contribution < -0.4 is 10.9 Å². The monoisotopic (exact) mass is 399 g/mol. The van der Waals surface area contributed by atoms with E-state index in [2.05, 4.69) is 0 Å². The highest BCUT2D eigenvalue weighted by molar-refractivity contribution is 5.82. The second-order valence-corrected chi connectivity index (χ2v) is 7.19. The molecule has 1 aromatic heterocycles. The molecule has 1 aromatic rings. The van der Waals surface area contributed by atoms with Crippen LogP contribution in [-0.4, -0.2) is 52.4 Å². The first-order chi connectivity index (χ1) is 13.2. The Morgan fingerprint density at radius 3 is 2.68 bits per heavy atom. The lowest BCUT2D eigenvalue weighted by Gasteiger charge is -2.29. The molecule has 0 unspecified atom stereocenters. The molecule has 6 nitrogen and oxygen atoms in total. The molecule has 2 aliphatic heterocycles. The molecule has 2 aliphatic rings. The second-order valence-electron chi connectivity index (χ2n) is 7.19. The molecule has 0 spiro atoms. The van der Waals surface area contributed by atoms with Crippen molar-refractivity contribution >= 4 is 12.0 Å². The topological polar surface area (TPSA) is 74.6 Å². The number of alkyl halides is 3. The number of aromatic nitrogens is 1. The van der Waals surface area contributed by atoms with Crippen LogP contribution in [0.5, 0.6) is 0 Å². The summed E-state index contributed by atoms with van der Waals surface area (Å²) in [6.45, 7) is 2.62. The Balaban J connectivity index is 1.95. The van der Waals surface area contributed by atoms with E-state index in [1.54, 1.807) is 27.7 Å². The summed E-state index contributed by atoms with van der Waals surface area (Å²) in [5.74, 6) is -1.52. The van der Waals surface area contributed by atoms with E-state index >= 15 is 0 Å². The molecule has 154 valence electrons. The van der Waals surface area contributed by atoms with Crippen LogP contribution in [0, 0.1) is 11.8 Å². The van der Waals surface area contributed by atoms with E-state index in [4.69, 9.17) is 0 Å². The zero-order valence-electron chi connectivity index (χ0n) is 15.7. The van der Waals surface area contributed by atoms with Crippen LogP contribution in [0.1, 0.15) is 31.1 Å². The molecule has 9 heteroatoms. The van der Waals surface area contributed by atoms with Crippen molar-refractivity contribution in [3.05, 3.63) is 39.8 Å². The van der Waals surface area contributed by atoms with Crippen molar-refractivity contribution in [1.82, 2.24) is 14.8 Å². The maximum atomic E-state index is 12.7. The molecule has 1 fully saturated rings. The molecule has 3 rings (SSSR count). The minimum Gasteiger partial charge on any atom is -0.396 e. The lowest BCUT2D eigenvalue weighted by Crippen LogP contribution is -2.50. The van der Waals surface area contributed by atoms with Crippen LogP contribution >= 0.6 is 0 Å². The Labute approximate surface area is 160 Å². The van der Waals surface area contributed by atoms with Gasteiger partial charge in [-0.15, -0.1) is 0 Å². The average Bonchev–Trinajstić information content (AvgIpc) is 3.16. The minimum absolute atomic E-state index is 0.143. The van der Waals surface area contributed by atoms with Crippen LogP contribution in [0.2, 0.25) is 0 Å². The van der Waals surface area contributed by atoms with Gasteiger partial charge in [-0.3, -0.25) is 14.5 Å². The summed E-state index contributed by atoms with van der Waals surface area (Å²) in [5.41, 5.74) is 1.14. The number of allylic oxidation sites excluding steroid dienone is 1. The van der Waals surface area contributed by atoms with Gasteiger partial charge in [0.1, 0.15) is 6.54 Å². The predicted molar refractivity (Wildman–Crippen MR) is 97.4 cm³/mol. The number of pyridine rings is 1. The van der Waals surface area contributed by atoms with E-state index in [1.807, 2.05) is 25.2 Å². The average molecular weight is 399 g/mol. The predicted octanol–water partition coefficient (Wildman–Crippen LogP) is 1.54. The maximum absolute atomic E-state index is 12.7. The largest absolute Gasteiger partial charge is 0.405 e. The number of hydrogen-bond acceptors (Lipinski definition) is 4. The van der Waals surface area contributed by atoms with Gasteiger partial charge in [0.05, 0.1) is 12.1 Å². The quantitative estimate of drug-likeness (QED) is 0.788.